The smallest absolute Gasteiger partial charge is 0.322 e. The summed E-state index contributed by atoms with van der Waals surface area (Å²) in [6, 6.07) is -1.85. The lowest BCUT2D eigenvalue weighted by molar-refractivity contribution is -0.136. The molecule has 0 bridgehead atoms. The maximum atomic E-state index is 11.6. The average molecular weight is 314 g/mol. The third-order valence-corrected chi connectivity index (χ3v) is 4.12. The molecule has 9 heteroatoms. The number of imide groups is 1. The van der Waals surface area contributed by atoms with Crippen LogP contribution in [0.25, 0.3) is 0 Å². The van der Waals surface area contributed by atoms with E-state index < -0.39 is 29.7 Å². The minimum Gasteiger partial charge on any atom is -0.387 e. The summed E-state index contributed by atoms with van der Waals surface area (Å²) in [6.45, 7) is 5.34. The SMILES string of the molecule is CC(=O)N1CCN(C[C@](C)(O)[C@H](O)C2NC(=O)NC2=O)CC1. The normalized spacial score (nSPS) is 27.1. The molecule has 22 heavy (non-hydrogen) atoms. The number of piperazine rings is 1. The van der Waals surface area contributed by atoms with Crippen molar-refractivity contribution in [2.24, 2.45) is 0 Å². The quantitative estimate of drug-likeness (QED) is 0.425. The predicted octanol–water partition coefficient (Wildman–Crippen LogP) is -2.53. The van der Waals surface area contributed by atoms with Crippen molar-refractivity contribution in [3.05, 3.63) is 0 Å². The van der Waals surface area contributed by atoms with Gasteiger partial charge in [-0.15, -0.1) is 0 Å². The summed E-state index contributed by atoms with van der Waals surface area (Å²) in [6.07, 6.45) is -1.43. The van der Waals surface area contributed by atoms with Crippen LogP contribution < -0.4 is 10.6 Å². The van der Waals surface area contributed by atoms with Crippen LogP contribution in [0.4, 0.5) is 4.79 Å². The van der Waals surface area contributed by atoms with E-state index in [-0.39, 0.29) is 12.5 Å². The van der Waals surface area contributed by atoms with E-state index in [1.54, 1.807) is 4.90 Å². The zero-order chi connectivity index (χ0) is 16.5. The van der Waals surface area contributed by atoms with Gasteiger partial charge >= 0.3 is 6.03 Å². The fraction of sp³-hybridized carbons (Fsp3) is 0.769. The Balaban J connectivity index is 1.92. The molecule has 2 fully saturated rings. The summed E-state index contributed by atoms with van der Waals surface area (Å²) in [5.41, 5.74) is -1.57. The number of hydrogen-bond donors (Lipinski definition) is 4. The molecule has 2 aliphatic heterocycles. The number of rotatable bonds is 4. The molecule has 2 aliphatic rings. The Bertz CT molecular complexity index is 473. The molecule has 2 rings (SSSR count). The highest BCUT2D eigenvalue weighted by molar-refractivity contribution is 6.04. The van der Waals surface area contributed by atoms with Gasteiger partial charge in [0.05, 0.1) is 0 Å². The number of carbonyl (C=O) groups excluding carboxylic acids is 3. The van der Waals surface area contributed by atoms with Crippen LogP contribution in [0.2, 0.25) is 0 Å². The van der Waals surface area contributed by atoms with Crippen LogP contribution in [0.15, 0.2) is 0 Å². The second kappa shape index (κ2) is 6.19. The third-order valence-electron chi connectivity index (χ3n) is 4.12. The molecule has 4 amide bonds. The Morgan fingerprint density at radius 1 is 1.36 bits per heavy atom. The van der Waals surface area contributed by atoms with Gasteiger partial charge in [-0.05, 0) is 6.92 Å². The zero-order valence-electron chi connectivity index (χ0n) is 12.7. The molecule has 0 aliphatic carbocycles. The molecule has 3 atom stereocenters. The highest BCUT2D eigenvalue weighted by atomic mass is 16.3. The molecular weight excluding hydrogens is 292 g/mol. The van der Waals surface area contributed by atoms with Crippen molar-refractivity contribution in [2.75, 3.05) is 32.7 Å². The van der Waals surface area contributed by atoms with Gasteiger partial charge in [0.1, 0.15) is 17.7 Å². The highest BCUT2D eigenvalue weighted by Gasteiger charge is 2.45. The average Bonchev–Trinajstić information content (AvgIpc) is 2.76. The van der Waals surface area contributed by atoms with Crippen molar-refractivity contribution < 1.29 is 24.6 Å². The van der Waals surface area contributed by atoms with Crippen molar-refractivity contribution in [1.29, 1.82) is 0 Å². The molecule has 0 saturated carbocycles. The second-order valence-corrected chi connectivity index (χ2v) is 6.02. The Labute approximate surface area is 128 Å². The first-order valence-corrected chi connectivity index (χ1v) is 7.20. The molecule has 2 saturated heterocycles. The van der Waals surface area contributed by atoms with Crippen LogP contribution in [0.1, 0.15) is 13.8 Å². The van der Waals surface area contributed by atoms with Gasteiger partial charge in [0.2, 0.25) is 5.91 Å². The lowest BCUT2D eigenvalue weighted by Crippen LogP contribution is -2.60. The largest absolute Gasteiger partial charge is 0.387 e. The summed E-state index contributed by atoms with van der Waals surface area (Å²) in [5, 5.41) is 25.0. The number of β-amino-alcohol motifs (C(OH)–C–C–N with tert-alkyl or cyclic N) is 1. The first kappa shape index (κ1) is 16.7. The molecule has 0 radical (unpaired) electrons. The summed E-state index contributed by atoms with van der Waals surface area (Å²) in [7, 11) is 0. The number of aliphatic hydroxyl groups excluding tert-OH is 1. The lowest BCUT2D eigenvalue weighted by atomic mass is 9.92. The molecular formula is C13H22N4O5. The molecule has 1 unspecified atom stereocenters. The van der Waals surface area contributed by atoms with Gasteiger partial charge in [-0.1, -0.05) is 0 Å². The maximum Gasteiger partial charge on any atom is 0.322 e. The third kappa shape index (κ3) is 3.54. The summed E-state index contributed by atoms with van der Waals surface area (Å²) in [4.78, 5) is 37.6. The standard InChI is InChI=1S/C13H22N4O5/c1-8(18)17-5-3-16(4-6-17)7-13(2,22)10(19)9-11(20)15-12(21)14-9/h9-10,19,22H,3-7H2,1-2H3,(H2,14,15,20,21)/t9?,10-,13+/m1/s1. The number of aliphatic hydroxyl groups is 2. The van der Waals surface area contributed by atoms with Gasteiger partial charge in [0.15, 0.2) is 0 Å². The Kier molecular flexibility index (Phi) is 4.69. The van der Waals surface area contributed by atoms with Gasteiger partial charge in [-0.2, -0.15) is 0 Å². The highest BCUT2D eigenvalue weighted by Crippen LogP contribution is 2.18. The lowest BCUT2D eigenvalue weighted by Gasteiger charge is -2.40. The first-order valence-electron chi connectivity index (χ1n) is 7.20. The maximum absolute atomic E-state index is 11.6. The van der Waals surface area contributed by atoms with E-state index >= 15 is 0 Å². The molecule has 4 N–H and O–H groups in total. The predicted molar refractivity (Wildman–Crippen MR) is 75.8 cm³/mol. The van der Waals surface area contributed by atoms with Gasteiger partial charge in [0, 0.05) is 39.6 Å². The molecule has 124 valence electrons. The topological polar surface area (TPSA) is 122 Å². The second-order valence-electron chi connectivity index (χ2n) is 6.02. The number of carbonyl (C=O) groups is 3. The van der Waals surface area contributed by atoms with Crippen molar-refractivity contribution in [2.45, 2.75) is 31.6 Å². The van der Waals surface area contributed by atoms with Gasteiger partial charge in [-0.3, -0.25) is 19.8 Å². The first-order chi connectivity index (χ1) is 10.2. The Hall–Kier alpha value is -1.71. The minimum absolute atomic E-state index is 0.0109. The van der Waals surface area contributed by atoms with E-state index in [1.165, 1.54) is 13.8 Å². The molecule has 0 aromatic carbocycles. The van der Waals surface area contributed by atoms with E-state index in [4.69, 9.17) is 0 Å². The van der Waals surface area contributed by atoms with Crippen LogP contribution in [0.5, 0.6) is 0 Å². The summed E-state index contributed by atoms with van der Waals surface area (Å²) >= 11 is 0. The van der Waals surface area contributed by atoms with Crippen molar-refractivity contribution in [3.63, 3.8) is 0 Å². The van der Waals surface area contributed by atoms with Crippen LogP contribution >= 0.6 is 0 Å². The van der Waals surface area contributed by atoms with Gasteiger partial charge in [-0.25, -0.2) is 4.79 Å². The summed E-state index contributed by atoms with van der Waals surface area (Å²) in [5.74, 6) is -0.643. The molecule has 0 aromatic heterocycles. The molecule has 0 spiro atoms. The molecule has 0 aromatic rings. The van der Waals surface area contributed by atoms with Gasteiger partial charge < -0.3 is 20.4 Å². The van der Waals surface area contributed by atoms with E-state index in [0.29, 0.717) is 26.2 Å². The number of hydrogen-bond acceptors (Lipinski definition) is 6. The van der Waals surface area contributed by atoms with E-state index in [9.17, 15) is 24.6 Å². The van der Waals surface area contributed by atoms with Crippen molar-refractivity contribution in [3.8, 4) is 0 Å². The summed E-state index contributed by atoms with van der Waals surface area (Å²) < 4.78 is 0. The monoisotopic (exact) mass is 314 g/mol. The molecule has 2 heterocycles. The van der Waals surface area contributed by atoms with Crippen molar-refractivity contribution in [1.82, 2.24) is 20.4 Å². The van der Waals surface area contributed by atoms with E-state index in [0.717, 1.165) is 0 Å². The Morgan fingerprint density at radius 2 is 1.95 bits per heavy atom. The van der Waals surface area contributed by atoms with Crippen LogP contribution in [0.3, 0.4) is 0 Å². The Morgan fingerprint density at radius 3 is 2.41 bits per heavy atom. The fourth-order valence-corrected chi connectivity index (χ4v) is 2.78. The van der Waals surface area contributed by atoms with Crippen LogP contribution in [-0.4, -0.2) is 88.3 Å². The number of nitrogens with one attached hydrogen (secondary N) is 2. The zero-order valence-corrected chi connectivity index (χ0v) is 12.7. The number of amides is 4. The van der Waals surface area contributed by atoms with Crippen molar-refractivity contribution >= 4 is 17.8 Å². The van der Waals surface area contributed by atoms with E-state index in [1.807, 2.05) is 10.2 Å². The number of nitrogens with zero attached hydrogens (tertiary/aromatic N) is 2. The fourth-order valence-electron chi connectivity index (χ4n) is 2.78. The minimum atomic E-state index is -1.57. The van der Waals surface area contributed by atoms with Crippen LogP contribution in [0, 0.1) is 0 Å². The number of urea groups is 1. The van der Waals surface area contributed by atoms with Crippen LogP contribution in [-0.2, 0) is 9.59 Å². The van der Waals surface area contributed by atoms with E-state index in [2.05, 4.69) is 5.32 Å². The van der Waals surface area contributed by atoms with Gasteiger partial charge in [0.25, 0.3) is 5.91 Å². The molecule has 9 nitrogen and oxygen atoms in total.